The molecule has 108 valence electrons. The number of rotatable bonds is 5. The molecule has 0 saturated heterocycles. The van der Waals surface area contributed by atoms with Crippen LogP contribution in [0.2, 0.25) is 0 Å². The average molecular weight is 275 g/mol. The van der Waals surface area contributed by atoms with Gasteiger partial charge in [-0.05, 0) is 42.7 Å². The number of carbonyl (C=O) groups excluding carboxylic acids is 1. The van der Waals surface area contributed by atoms with E-state index in [9.17, 15) is 4.79 Å². The molecule has 0 atom stereocenters. The summed E-state index contributed by atoms with van der Waals surface area (Å²) in [6.45, 7) is 0.303. The predicted octanol–water partition coefficient (Wildman–Crippen LogP) is 1.76. The zero-order chi connectivity index (χ0) is 14.2. The molecule has 1 amide bonds. The van der Waals surface area contributed by atoms with Gasteiger partial charge in [0.05, 0.1) is 12.8 Å². The van der Waals surface area contributed by atoms with Crippen molar-refractivity contribution in [2.75, 3.05) is 6.54 Å². The molecule has 0 heterocycles. The fraction of sp³-hybridized carbons (Fsp3) is 0.467. The van der Waals surface area contributed by atoms with E-state index in [1.807, 2.05) is 0 Å². The fourth-order valence-electron chi connectivity index (χ4n) is 2.32. The van der Waals surface area contributed by atoms with Gasteiger partial charge in [0.2, 0.25) is 0 Å². The van der Waals surface area contributed by atoms with Gasteiger partial charge < -0.3 is 10.4 Å². The van der Waals surface area contributed by atoms with E-state index in [4.69, 9.17) is 5.11 Å². The largest absolute Gasteiger partial charge is 0.508 e. The van der Waals surface area contributed by atoms with Crippen LogP contribution in [0.25, 0.3) is 0 Å². The first kappa shape index (κ1) is 14.5. The van der Waals surface area contributed by atoms with Gasteiger partial charge in [-0.25, -0.2) is 5.43 Å². The van der Waals surface area contributed by atoms with E-state index >= 15 is 0 Å². The zero-order valence-corrected chi connectivity index (χ0v) is 11.5. The van der Waals surface area contributed by atoms with E-state index in [-0.39, 0.29) is 11.7 Å². The van der Waals surface area contributed by atoms with Crippen molar-refractivity contribution < 1.29 is 9.90 Å². The Kier molecular flexibility index (Phi) is 5.55. The summed E-state index contributed by atoms with van der Waals surface area (Å²) in [5, 5.41) is 16.3. The molecule has 5 heteroatoms. The molecule has 2 rings (SSSR count). The molecule has 0 spiro atoms. The van der Waals surface area contributed by atoms with Crippen molar-refractivity contribution in [1.82, 2.24) is 10.7 Å². The molecule has 1 fully saturated rings. The molecule has 0 aliphatic heterocycles. The van der Waals surface area contributed by atoms with E-state index in [1.165, 1.54) is 19.3 Å². The number of benzene rings is 1. The normalized spacial score (nSPS) is 16.4. The molecular formula is C15H21N3O2. The van der Waals surface area contributed by atoms with Gasteiger partial charge in [-0.3, -0.25) is 4.79 Å². The molecule has 1 aromatic rings. The Morgan fingerprint density at radius 1 is 1.25 bits per heavy atom. The highest BCUT2D eigenvalue weighted by molar-refractivity contribution is 5.83. The summed E-state index contributed by atoms with van der Waals surface area (Å²) in [7, 11) is 0. The summed E-state index contributed by atoms with van der Waals surface area (Å²) in [5.74, 6) is 0.0773. The van der Waals surface area contributed by atoms with Crippen molar-refractivity contribution in [3.05, 3.63) is 29.8 Å². The predicted molar refractivity (Wildman–Crippen MR) is 78.7 cm³/mol. The molecule has 0 radical (unpaired) electrons. The standard InChI is InChI=1S/C15H21N3O2/c19-14-8-6-12(7-9-14)10-17-18-15(20)11-16-13-4-2-1-3-5-13/h6-10,13,16,19H,1-5,11H2,(H,18,20). The zero-order valence-electron chi connectivity index (χ0n) is 11.5. The number of hydrazone groups is 1. The van der Waals surface area contributed by atoms with Gasteiger partial charge in [-0.1, -0.05) is 19.3 Å². The Morgan fingerprint density at radius 3 is 2.65 bits per heavy atom. The van der Waals surface area contributed by atoms with Crippen LogP contribution in [0.15, 0.2) is 29.4 Å². The number of carbonyl (C=O) groups is 1. The van der Waals surface area contributed by atoms with Crippen molar-refractivity contribution in [3.8, 4) is 5.75 Å². The van der Waals surface area contributed by atoms with Crippen LogP contribution < -0.4 is 10.7 Å². The fourth-order valence-corrected chi connectivity index (χ4v) is 2.32. The van der Waals surface area contributed by atoms with E-state index < -0.39 is 0 Å². The number of phenolic OH excluding ortho intramolecular Hbond substituents is 1. The second-order valence-electron chi connectivity index (χ2n) is 5.10. The Morgan fingerprint density at radius 2 is 1.95 bits per heavy atom. The number of amides is 1. The summed E-state index contributed by atoms with van der Waals surface area (Å²) in [5.41, 5.74) is 3.31. The first-order chi connectivity index (χ1) is 9.74. The molecule has 1 aliphatic carbocycles. The van der Waals surface area contributed by atoms with E-state index in [2.05, 4.69) is 15.8 Å². The minimum absolute atomic E-state index is 0.134. The summed E-state index contributed by atoms with van der Waals surface area (Å²) >= 11 is 0. The van der Waals surface area contributed by atoms with Gasteiger partial charge in [0, 0.05) is 6.04 Å². The average Bonchev–Trinajstić information content (AvgIpc) is 2.48. The molecule has 0 aromatic heterocycles. The second kappa shape index (κ2) is 7.65. The van der Waals surface area contributed by atoms with Crippen LogP contribution in [0.1, 0.15) is 37.7 Å². The first-order valence-electron chi connectivity index (χ1n) is 7.08. The van der Waals surface area contributed by atoms with Crippen LogP contribution in [-0.4, -0.2) is 29.8 Å². The lowest BCUT2D eigenvalue weighted by atomic mass is 9.95. The Labute approximate surface area is 119 Å². The summed E-state index contributed by atoms with van der Waals surface area (Å²) in [4.78, 5) is 11.6. The van der Waals surface area contributed by atoms with Crippen LogP contribution in [-0.2, 0) is 4.79 Å². The van der Waals surface area contributed by atoms with E-state index in [0.717, 1.165) is 18.4 Å². The van der Waals surface area contributed by atoms with Crippen molar-refractivity contribution in [2.45, 2.75) is 38.1 Å². The van der Waals surface area contributed by atoms with Crippen molar-refractivity contribution in [2.24, 2.45) is 5.10 Å². The van der Waals surface area contributed by atoms with Gasteiger partial charge in [0.15, 0.2) is 0 Å². The molecule has 1 aliphatic rings. The van der Waals surface area contributed by atoms with Crippen molar-refractivity contribution in [3.63, 3.8) is 0 Å². The molecule has 0 bridgehead atoms. The number of hydrogen-bond donors (Lipinski definition) is 3. The van der Waals surface area contributed by atoms with Crippen LogP contribution in [0, 0.1) is 0 Å². The smallest absolute Gasteiger partial charge is 0.254 e. The maximum absolute atomic E-state index is 11.6. The molecule has 5 nitrogen and oxygen atoms in total. The minimum Gasteiger partial charge on any atom is -0.508 e. The highest BCUT2D eigenvalue weighted by Crippen LogP contribution is 2.16. The third kappa shape index (κ3) is 5.01. The van der Waals surface area contributed by atoms with Gasteiger partial charge in [-0.15, -0.1) is 0 Å². The Bertz CT molecular complexity index is 451. The van der Waals surface area contributed by atoms with Crippen molar-refractivity contribution >= 4 is 12.1 Å². The molecular weight excluding hydrogens is 254 g/mol. The highest BCUT2D eigenvalue weighted by atomic mass is 16.3. The summed E-state index contributed by atoms with van der Waals surface area (Å²) < 4.78 is 0. The number of phenols is 1. The lowest BCUT2D eigenvalue weighted by Crippen LogP contribution is -2.38. The van der Waals surface area contributed by atoms with E-state index in [1.54, 1.807) is 30.5 Å². The topological polar surface area (TPSA) is 73.7 Å². The maximum Gasteiger partial charge on any atom is 0.254 e. The van der Waals surface area contributed by atoms with E-state index in [0.29, 0.717) is 12.6 Å². The lowest BCUT2D eigenvalue weighted by Gasteiger charge is -2.22. The molecule has 1 saturated carbocycles. The maximum atomic E-state index is 11.6. The molecule has 0 unspecified atom stereocenters. The van der Waals surface area contributed by atoms with Crippen LogP contribution >= 0.6 is 0 Å². The minimum atomic E-state index is -0.134. The Balaban J connectivity index is 1.67. The Hall–Kier alpha value is -1.88. The number of nitrogens with zero attached hydrogens (tertiary/aromatic N) is 1. The second-order valence-corrected chi connectivity index (χ2v) is 5.10. The summed E-state index contributed by atoms with van der Waals surface area (Å²) in [6, 6.07) is 7.08. The lowest BCUT2D eigenvalue weighted by molar-refractivity contribution is -0.120. The molecule has 1 aromatic carbocycles. The quantitative estimate of drug-likeness (QED) is 0.566. The third-order valence-corrected chi connectivity index (χ3v) is 3.45. The highest BCUT2D eigenvalue weighted by Gasteiger charge is 2.13. The molecule has 3 N–H and O–H groups in total. The van der Waals surface area contributed by atoms with Gasteiger partial charge in [-0.2, -0.15) is 5.10 Å². The first-order valence-corrected chi connectivity index (χ1v) is 7.08. The monoisotopic (exact) mass is 275 g/mol. The van der Waals surface area contributed by atoms with Gasteiger partial charge in [0.1, 0.15) is 5.75 Å². The van der Waals surface area contributed by atoms with Crippen molar-refractivity contribution in [1.29, 1.82) is 0 Å². The summed E-state index contributed by atoms with van der Waals surface area (Å²) in [6.07, 6.45) is 7.67. The number of nitrogens with one attached hydrogen (secondary N) is 2. The number of hydrogen-bond acceptors (Lipinski definition) is 4. The van der Waals surface area contributed by atoms with Crippen LogP contribution in [0.3, 0.4) is 0 Å². The molecule has 20 heavy (non-hydrogen) atoms. The van der Waals surface area contributed by atoms with Crippen LogP contribution in [0.5, 0.6) is 5.75 Å². The third-order valence-electron chi connectivity index (χ3n) is 3.45. The van der Waals surface area contributed by atoms with Gasteiger partial charge >= 0.3 is 0 Å². The van der Waals surface area contributed by atoms with Gasteiger partial charge in [0.25, 0.3) is 5.91 Å². The number of aromatic hydroxyl groups is 1. The van der Waals surface area contributed by atoms with Crippen LogP contribution in [0.4, 0.5) is 0 Å². The SMILES string of the molecule is O=C(CNC1CCCCC1)NN=Cc1ccc(O)cc1.